The number of ether oxygens (including phenoxy) is 1. The molecule has 0 aromatic heterocycles. The lowest BCUT2D eigenvalue weighted by Crippen LogP contribution is -2.48. The van der Waals surface area contributed by atoms with E-state index >= 15 is 0 Å². The molecule has 1 saturated heterocycles. The number of hydrogen-bond acceptors (Lipinski definition) is 3. The van der Waals surface area contributed by atoms with Crippen LogP contribution in [-0.4, -0.2) is 47.3 Å². The van der Waals surface area contributed by atoms with Crippen molar-refractivity contribution in [1.82, 2.24) is 15.5 Å². The Bertz CT molecular complexity index is 591. The van der Waals surface area contributed by atoms with Crippen LogP contribution in [0.2, 0.25) is 0 Å². The lowest BCUT2D eigenvalue weighted by atomic mass is 10.1. The van der Waals surface area contributed by atoms with Crippen LogP contribution in [0.4, 0.5) is 0 Å². The van der Waals surface area contributed by atoms with E-state index in [0.29, 0.717) is 30.8 Å². The van der Waals surface area contributed by atoms with E-state index in [1.54, 1.807) is 0 Å². The molecule has 2 fully saturated rings. The quantitative estimate of drug-likeness (QED) is 0.817. The highest BCUT2D eigenvalue weighted by molar-refractivity contribution is 7.80. The van der Waals surface area contributed by atoms with E-state index in [9.17, 15) is 4.79 Å². The summed E-state index contributed by atoms with van der Waals surface area (Å²) in [4.78, 5) is 14.5. The van der Waals surface area contributed by atoms with Gasteiger partial charge in [0.2, 0.25) is 0 Å². The fourth-order valence-electron chi connectivity index (χ4n) is 2.94. The number of carbonyl (C=O) groups excluding carboxylic acids is 1. The first kappa shape index (κ1) is 17.2. The standard InChI is InChI=1S/C18H25N3O2S/c1-12-10-21(11-13(2)23-12)17(22)15-5-3-14(4-6-15)9-19-18(24)20-16-7-8-16/h3-6,12-13,16H,7-11H2,1-2H3,(H2,19,20,24)/t12-,13-/m0/s1. The third-order valence-corrected chi connectivity index (χ3v) is 4.54. The zero-order valence-electron chi connectivity index (χ0n) is 14.2. The van der Waals surface area contributed by atoms with Crippen molar-refractivity contribution >= 4 is 23.2 Å². The summed E-state index contributed by atoms with van der Waals surface area (Å²) in [6, 6.07) is 8.30. The van der Waals surface area contributed by atoms with Crippen LogP contribution < -0.4 is 10.6 Å². The Kier molecular flexibility index (Phi) is 5.36. The molecule has 2 aliphatic rings. The number of nitrogens with one attached hydrogen (secondary N) is 2. The monoisotopic (exact) mass is 347 g/mol. The number of nitrogens with zero attached hydrogens (tertiary/aromatic N) is 1. The van der Waals surface area contributed by atoms with Gasteiger partial charge in [0.05, 0.1) is 12.2 Å². The summed E-state index contributed by atoms with van der Waals surface area (Å²) in [5, 5.41) is 7.16. The van der Waals surface area contributed by atoms with E-state index < -0.39 is 0 Å². The number of amides is 1. The number of benzene rings is 1. The molecule has 0 bridgehead atoms. The van der Waals surface area contributed by atoms with E-state index in [1.807, 2.05) is 43.0 Å². The van der Waals surface area contributed by atoms with Gasteiger partial charge in [-0.15, -0.1) is 0 Å². The maximum Gasteiger partial charge on any atom is 0.254 e. The third kappa shape index (κ3) is 4.68. The zero-order valence-corrected chi connectivity index (χ0v) is 15.1. The van der Waals surface area contributed by atoms with Crippen molar-refractivity contribution in [2.45, 2.75) is 51.5 Å². The summed E-state index contributed by atoms with van der Waals surface area (Å²) in [5.41, 5.74) is 1.83. The Morgan fingerprint density at radius 2 is 1.83 bits per heavy atom. The van der Waals surface area contributed by atoms with E-state index in [1.165, 1.54) is 12.8 Å². The summed E-state index contributed by atoms with van der Waals surface area (Å²) >= 11 is 5.25. The third-order valence-electron chi connectivity index (χ3n) is 4.27. The molecule has 0 spiro atoms. The van der Waals surface area contributed by atoms with Gasteiger partial charge in [0.1, 0.15) is 0 Å². The molecule has 3 rings (SSSR count). The number of hydrogen-bond donors (Lipinski definition) is 2. The highest BCUT2D eigenvalue weighted by atomic mass is 32.1. The zero-order chi connectivity index (χ0) is 17.1. The van der Waals surface area contributed by atoms with Crippen LogP contribution in [0.3, 0.4) is 0 Å². The van der Waals surface area contributed by atoms with Gasteiger partial charge in [0, 0.05) is 31.2 Å². The molecule has 1 aliphatic heterocycles. The van der Waals surface area contributed by atoms with Crippen molar-refractivity contribution in [2.24, 2.45) is 0 Å². The summed E-state index contributed by atoms with van der Waals surface area (Å²) < 4.78 is 5.69. The maximum absolute atomic E-state index is 12.6. The molecule has 1 aromatic carbocycles. The van der Waals surface area contributed by atoms with Gasteiger partial charge in [-0.1, -0.05) is 12.1 Å². The minimum absolute atomic E-state index is 0.0717. The van der Waals surface area contributed by atoms with Crippen molar-refractivity contribution in [3.63, 3.8) is 0 Å². The Balaban J connectivity index is 1.53. The maximum atomic E-state index is 12.6. The Hall–Kier alpha value is -1.66. The van der Waals surface area contributed by atoms with Crippen LogP contribution >= 0.6 is 12.2 Å². The summed E-state index contributed by atoms with van der Waals surface area (Å²) in [7, 11) is 0. The van der Waals surface area contributed by atoms with Crippen LogP contribution in [0.15, 0.2) is 24.3 Å². The van der Waals surface area contributed by atoms with Gasteiger partial charge in [-0.2, -0.15) is 0 Å². The Morgan fingerprint density at radius 3 is 2.42 bits per heavy atom. The lowest BCUT2D eigenvalue weighted by molar-refractivity contribution is -0.0586. The van der Waals surface area contributed by atoms with Crippen LogP contribution in [0, 0.1) is 0 Å². The molecule has 130 valence electrons. The molecule has 24 heavy (non-hydrogen) atoms. The average Bonchev–Trinajstić information content (AvgIpc) is 3.36. The number of thiocarbonyl (C=S) groups is 1. The van der Waals surface area contributed by atoms with Crippen molar-refractivity contribution in [3.8, 4) is 0 Å². The van der Waals surface area contributed by atoms with E-state index in [-0.39, 0.29) is 18.1 Å². The molecule has 1 amide bonds. The summed E-state index contributed by atoms with van der Waals surface area (Å²) in [6.07, 6.45) is 2.58. The predicted octanol–water partition coefficient (Wildman–Crippen LogP) is 2.06. The molecule has 2 N–H and O–H groups in total. The van der Waals surface area contributed by atoms with E-state index in [0.717, 1.165) is 11.1 Å². The van der Waals surface area contributed by atoms with Crippen molar-refractivity contribution in [2.75, 3.05) is 13.1 Å². The molecule has 1 aromatic rings. The van der Waals surface area contributed by atoms with Gasteiger partial charge in [0.25, 0.3) is 5.91 Å². The lowest BCUT2D eigenvalue weighted by Gasteiger charge is -2.35. The summed E-state index contributed by atoms with van der Waals surface area (Å²) in [5.74, 6) is 0.0717. The van der Waals surface area contributed by atoms with Crippen LogP contribution in [0.5, 0.6) is 0 Å². The molecule has 0 radical (unpaired) electrons. The van der Waals surface area contributed by atoms with Crippen LogP contribution in [0.1, 0.15) is 42.6 Å². The second-order valence-electron chi connectivity index (χ2n) is 6.77. The molecule has 2 atom stereocenters. The normalized spacial score (nSPS) is 23.7. The Labute approximate surface area is 148 Å². The number of rotatable bonds is 4. The van der Waals surface area contributed by atoms with Gasteiger partial charge >= 0.3 is 0 Å². The molecule has 1 saturated carbocycles. The fraction of sp³-hybridized carbons (Fsp3) is 0.556. The topological polar surface area (TPSA) is 53.6 Å². The molecule has 5 nitrogen and oxygen atoms in total. The first-order valence-electron chi connectivity index (χ1n) is 8.59. The SMILES string of the molecule is C[C@H]1CN(C(=O)c2ccc(CNC(=S)NC3CC3)cc2)C[C@H](C)O1. The van der Waals surface area contributed by atoms with Gasteiger partial charge in [-0.3, -0.25) is 4.79 Å². The van der Waals surface area contributed by atoms with Crippen LogP contribution in [0.25, 0.3) is 0 Å². The highest BCUT2D eigenvalue weighted by Crippen LogP contribution is 2.18. The van der Waals surface area contributed by atoms with E-state index in [2.05, 4.69) is 10.6 Å². The summed E-state index contributed by atoms with van der Waals surface area (Å²) in [6.45, 7) is 5.96. The van der Waals surface area contributed by atoms with Gasteiger partial charge < -0.3 is 20.3 Å². The minimum Gasteiger partial charge on any atom is -0.372 e. The average molecular weight is 347 g/mol. The van der Waals surface area contributed by atoms with Gasteiger partial charge in [0.15, 0.2) is 5.11 Å². The molecular formula is C18H25N3O2S. The molecule has 1 aliphatic carbocycles. The second kappa shape index (κ2) is 7.49. The highest BCUT2D eigenvalue weighted by Gasteiger charge is 2.26. The number of carbonyl (C=O) groups is 1. The van der Waals surface area contributed by atoms with Crippen molar-refractivity contribution in [1.29, 1.82) is 0 Å². The largest absolute Gasteiger partial charge is 0.372 e. The molecule has 6 heteroatoms. The minimum atomic E-state index is 0.0717. The number of morpholine rings is 1. The molecule has 1 heterocycles. The van der Waals surface area contributed by atoms with E-state index in [4.69, 9.17) is 17.0 Å². The molecular weight excluding hydrogens is 322 g/mol. The van der Waals surface area contributed by atoms with Crippen LogP contribution in [-0.2, 0) is 11.3 Å². The van der Waals surface area contributed by atoms with Gasteiger partial charge in [-0.25, -0.2) is 0 Å². The van der Waals surface area contributed by atoms with Crippen molar-refractivity contribution in [3.05, 3.63) is 35.4 Å². The smallest absolute Gasteiger partial charge is 0.254 e. The first-order valence-corrected chi connectivity index (χ1v) is 9.00. The second-order valence-corrected chi connectivity index (χ2v) is 7.17. The first-order chi connectivity index (χ1) is 11.5. The Morgan fingerprint density at radius 1 is 1.21 bits per heavy atom. The fourth-order valence-corrected chi connectivity index (χ4v) is 3.18. The molecule has 0 unspecified atom stereocenters. The predicted molar refractivity (Wildman–Crippen MR) is 97.9 cm³/mol. The van der Waals surface area contributed by atoms with Crippen molar-refractivity contribution < 1.29 is 9.53 Å². The van der Waals surface area contributed by atoms with Gasteiger partial charge in [-0.05, 0) is 56.6 Å².